The number of rotatable bonds is 9. The van der Waals surface area contributed by atoms with Crippen LogP contribution in [0.5, 0.6) is 0 Å². The summed E-state index contributed by atoms with van der Waals surface area (Å²) in [4.78, 5) is 5.04. The Labute approximate surface area is 253 Å². The zero-order valence-corrected chi connectivity index (χ0v) is 31.5. The Kier molecular flexibility index (Phi) is 9.89. The van der Waals surface area contributed by atoms with Crippen LogP contribution in [0.4, 0.5) is 0 Å². The molecule has 41 heavy (non-hydrogen) atoms. The zero-order chi connectivity index (χ0) is 31.2. The van der Waals surface area contributed by atoms with Gasteiger partial charge in [0.05, 0.1) is 18.6 Å². The third-order valence-corrected chi connectivity index (χ3v) is 23.5. The van der Waals surface area contributed by atoms with E-state index in [0.29, 0.717) is 6.61 Å². The van der Waals surface area contributed by atoms with Gasteiger partial charge in [-0.2, -0.15) is 0 Å². The fraction of sp³-hybridized carbons (Fsp3) is 0.719. The van der Waals surface area contributed by atoms with Crippen molar-refractivity contribution in [1.82, 2.24) is 4.98 Å². The second kappa shape index (κ2) is 11.8. The number of pyridine rings is 1. The first-order valence-electron chi connectivity index (χ1n) is 15.1. The summed E-state index contributed by atoms with van der Waals surface area (Å²) in [6.45, 7) is 34.8. The standard InChI is InChI=1S/C32H57NO5Si3/c1-30(2,3)39(10,11)35-22-26-28(37-40(12,13)31(4,5)6)29(38-41(14,15)32(7,8)9)27(36-26)24-19-16-18-23(33-24)25-20-17-21-34-25/h16-21,26-29H,22H2,1-15H3/t26-,27+,28-,29+/m1/s1. The first kappa shape index (κ1) is 34.4. The zero-order valence-electron chi connectivity index (χ0n) is 28.5. The number of hydrogen-bond donors (Lipinski definition) is 0. The van der Waals surface area contributed by atoms with Crippen molar-refractivity contribution in [3.05, 3.63) is 42.3 Å². The van der Waals surface area contributed by atoms with Gasteiger partial charge in [-0.05, 0) is 78.7 Å². The molecule has 3 heterocycles. The SMILES string of the molecule is CC(C)(C)[Si](C)(C)OC[C@H]1O[C@@H](c2cccc(-c3ccco3)n2)[C@H](O[Si](C)(C)C(C)(C)C)[C@@H]1O[Si](C)(C)C(C)(C)C. The van der Waals surface area contributed by atoms with Crippen LogP contribution in [0, 0.1) is 0 Å². The lowest BCUT2D eigenvalue weighted by molar-refractivity contribution is -0.0186. The summed E-state index contributed by atoms with van der Waals surface area (Å²) in [6, 6.07) is 9.86. The minimum atomic E-state index is -2.22. The van der Waals surface area contributed by atoms with Crippen molar-refractivity contribution in [3.8, 4) is 11.5 Å². The lowest BCUT2D eigenvalue weighted by Gasteiger charge is -2.44. The van der Waals surface area contributed by atoms with Crippen LogP contribution >= 0.6 is 0 Å². The molecule has 1 fully saturated rings. The molecule has 2 aromatic heterocycles. The molecule has 3 rings (SSSR count). The van der Waals surface area contributed by atoms with E-state index >= 15 is 0 Å². The van der Waals surface area contributed by atoms with Gasteiger partial charge in [0, 0.05) is 0 Å². The van der Waals surface area contributed by atoms with Crippen molar-refractivity contribution in [2.75, 3.05) is 6.61 Å². The summed E-state index contributed by atoms with van der Waals surface area (Å²) in [6.07, 6.45) is 0.441. The molecule has 6 nitrogen and oxygen atoms in total. The van der Waals surface area contributed by atoms with Gasteiger partial charge in [0.1, 0.15) is 30.1 Å². The maximum Gasteiger partial charge on any atom is 0.192 e. The molecule has 1 aliphatic rings. The summed E-state index contributed by atoms with van der Waals surface area (Å²) >= 11 is 0. The molecule has 232 valence electrons. The Hall–Kier alpha value is -1.08. The highest BCUT2D eigenvalue weighted by Gasteiger charge is 2.55. The molecule has 9 heteroatoms. The van der Waals surface area contributed by atoms with Gasteiger partial charge in [-0.1, -0.05) is 68.4 Å². The van der Waals surface area contributed by atoms with Gasteiger partial charge >= 0.3 is 0 Å². The second-order valence-corrected chi connectivity index (χ2v) is 30.6. The summed E-state index contributed by atoms with van der Waals surface area (Å²) in [5, 5.41) is 0.157. The first-order valence-corrected chi connectivity index (χ1v) is 23.9. The van der Waals surface area contributed by atoms with Crippen molar-refractivity contribution >= 4 is 25.0 Å². The third kappa shape index (κ3) is 7.72. The molecule has 1 saturated heterocycles. The average Bonchev–Trinajstić information content (AvgIpc) is 3.45. The Morgan fingerprint density at radius 2 is 1.24 bits per heavy atom. The van der Waals surface area contributed by atoms with E-state index in [1.807, 2.05) is 30.3 Å². The number of ether oxygens (including phenoxy) is 1. The van der Waals surface area contributed by atoms with E-state index in [4.69, 9.17) is 27.4 Å². The summed E-state index contributed by atoms with van der Waals surface area (Å²) < 4.78 is 34.0. The first-order chi connectivity index (χ1) is 18.5. The largest absolute Gasteiger partial charge is 0.463 e. The molecule has 0 amide bonds. The van der Waals surface area contributed by atoms with Crippen LogP contribution in [-0.2, 0) is 18.0 Å². The number of aromatic nitrogens is 1. The lowest BCUT2D eigenvalue weighted by Crippen LogP contribution is -2.54. The van der Waals surface area contributed by atoms with Gasteiger partial charge in [0.2, 0.25) is 0 Å². The monoisotopic (exact) mass is 619 g/mol. The van der Waals surface area contributed by atoms with Crippen LogP contribution in [0.1, 0.15) is 74.1 Å². The molecule has 0 radical (unpaired) electrons. The lowest BCUT2D eigenvalue weighted by atomic mass is 10.1. The summed E-state index contributed by atoms with van der Waals surface area (Å²) in [5.41, 5.74) is 1.62. The van der Waals surface area contributed by atoms with Crippen LogP contribution in [0.15, 0.2) is 41.0 Å². The Morgan fingerprint density at radius 3 is 1.73 bits per heavy atom. The topological polar surface area (TPSA) is 63.0 Å². The Balaban J connectivity index is 2.11. The van der Waals surface area contributed by atoms with Gasteiger partial charge in [-0.3, -0.25) is 0 Å². The van der Waals surface area contributed by atoms with E-state index in [1.54, 1.807) is 6.26 Å². The van der Waals surface area contributed by atoms with E-state index in [9.17, 15) is 0 Å². The van der Waals surface area contributed by atoms with Crippen LogP contribution in [0.3, 0.4) is 0 Å². The van der Waals surface area contributed by atoms with Crippen molar-refractivity contribution < 1.29 is 22.4 Å². The van der Waals surface area contributed by atoms with Crippen molar-refractivity contribution in [3.63, 3.8) is 0 Å². The second-order valence-electron chi connectivity index (χ2n) is 16.3. The molecular weight excluding hydrogens is 563 g/mol. The van der Waals surface area contributed by atoms with Crippen molar-refractivity contribution in [1.29, 1.82) is 0 Å². The Bertz CT molecular complexity index is 1140. The molecule has 0 bridgehead atoms. The minimum Gasteiger partial charge on any atom is -0.463 e. The van der Waals surface area contributed by atoms with Crippen molar-refractivity contribution in [2.45, 2.75) is 141 Å². The average molecular weight is 620 g/mol. The quantitative estimate of drug-likeness (QED) is 0.261. The van der Waals surface area contributed by atoms with E-state index in [0.717, 1.165) is 17.1 Å². The van der Waals surface area contributed by atoms with Gasteiger partial charge in [0.25, 0.3) is 0 Å². The van der Waals surface area contributed by atoms with Crippen LogP contribution in [-0.4, -0.2) is 54.9 Å². The van der Waals surface area contributed by atoms with Crippen LogP contribution in [0.25, 0.3) is 11.5 Å². The molecule has 0 unspecified atom stereocenters. The summed E-state index contributed by atoms with van der Waals surface area (Å²) in [7, 11) is -6.44. The summed E-state index contributed by atoms with van der Waals surface area (Å²) in [5.74, 6) is 0.735. The number of furan rings is 1. The fourth-order valence-electron chi connectivity index (χ4n) is 4.08. The third-order valence-electron chi connectivity index (χ3n) is 10.0. The van der Waals surface area contributed by atoms with Gasteiger partial charge in [0.15, 0.2) is 30.7 Å². The van der Waals surface area contributed by atoms with Gasteiger partial charge in [-0.15, -0.1) is 0 Å². The van der Waals surface area contributed by atoms with E-state index < -0.39 is 25.0 Å². The van der Waals surface area contributed by atoms with E-state index in [1.165, 1.54) is 0 Å². The predicted molar refractivity (Wildman–Crippen MR) is 177 cm³/mol. The predicted octanol–water partition coefficient (Wildman–Crippen LogP) is 9.58. The normalized spacial score (nSPS) is 23.3. The smallest absolute Gasteiger partial charge is 0.192 e. The molecule has 0 saturated carbocycles. The maximum absolute atomic E-state index is 7.26. The van der Waals surface area contributed by atoms with Crippen molar-refractivity contribution in [2.24, 2.45) is 0 Å². The molecule has 0 N–H and O–H groups in total. The fourth-order valence-corrected chi connectivity index (χ4v) is 7.71. The highest BCUT2D eigenvalue weighted by Crippen LogP contribution is 2.47. The maximum atomic E-state index is 7.26. The molecule has 0 aromatic carbocycles. The number of nitrogens with zero attached hydrogens (tertiary/aromatic N) is 1. The minimum absolute atomic E-state index is 0.0260. The molecular formula is C32H57NO5Si3. The van der Waals surface area contributed by atoms with Crippen LogP contribution < -0.4 is 0 Å². The molecule has 0 spiro atoms. The molecule has 0 aliphatic carbocycles. The van der Waals surface area contributed by atoms with Crippen LogP contribution in [0.2, 0.25) is 54.4 Å². The van der Waals surface area contributed by atoms with E-state index in [2.05, 4.69) is 102 Å². The Morgan fingerprint density at radius 1 is 0.707 bits per heavy atom. The molecule has 2 aromatic rings. The highest BCUT2D eigenvalue weighted by atomic mass is 28.4. The van der Waals surface area contributed by atoms with E-state index in [-0.39, 0.29) is 39.5 Å². The molecule has 4 atom stereocenters. The van der Waals surface area contributed by atoms with Gasteiger partial charge < -0.3 is 22.4 Å². The van der Waals surface area contributed by atoms with Gasteiger partial charge in [-0.25, -0.2) is 4.98 Å². The highest BCUT2D eigenvalue weighted by molar-refractivity contribution is 6.75. The number of hydrogen-bond acceptors (Lipinski definition) is 6. The molecule has 1 aliphatic heterocycles.